The monoisotopic (exact) mass is 238 g/mol. The van der Waals surface area contributed by atoms with Crippen molar-refractivity contribution in [1.29, 1.82) is 0 Å². The molecule has 16 heavy (non-hydrogen) atoms. The number of carbonyl (C=O) groups is 1. The first-order valence-corrected chi connectivity index (χ1v) is 7.07. The molecule has 0 radical (unpaired) electrons. The molecule has 3 nitrogen and oxygen atoms in total. The Kier molecular flexibility index (Phi) is 3.10. The van der Waals surface area contributed by atoms with Crippen LogP contribution in [0.25, 0.3) is 0 Å². The topological polar surface area (TPSA) is 51.2 Å². The van der Waals surface area contributed by atoms with E-state index in [1.165, 1.54) is 0 Å². The van der Waals surface area contributed by atoms with Gasteiger partial charge in [-0.15, -0.1) is 0 Å². The summed E-state index contributed by atoms with van der Waals surface area (Å²) < 4.78 is 24.0. The van der Waals surface area contributed by atoms with E-state index in [9.17, 15) is 13.2 Å². The Bertz CT molecular complexity index is 476. The maximum absolute atomic E-state index is 12.0. The summed E-state index contributed by atoms with van der Waals surface area (Å²) in [6.07, 6.45) is 1.11. The quantitative estimate of drug-likeness (QED) is 0.805. The molecule has 0 aliphatic heterocycles. The second-order valence-electron chi connectivity index (χ2n) is 4.20. The van der Waals surface area contributed by atoms with Crippen molar-refractivity contribution in [2.75, 3.05) is 0 Å². The summed E-state index contributed by atoms with van der Waals surface area (Å²) in [5, 5.41) is -0.458. The first kappa shape index (κ1) is 11.3. The normalized spacial score (nSPS) is 21.2. The van der Waals surface area contributed by atoms with Gasteiger partial charge in [-0.1, -0.05) is 30.3 Å². The van der Waals surface area contributed by atoms with Crippen molar-refractivity contribution in [3.63, 3.8) is 0 Å². The molecular formula is C12H14O3S. The second kappa shape index (κ2) is 4.37. The van der Waals surface area contributed by atoms with E-state index in [1.54, 1.807) is 12.1 Å². The van der Waals surface area contributed by atoms with Crippen LogP contribution in [0.5, 0.6) is 0 Å². The Morgan fingerprint density at radius 2 is 1.88 bits per heavy atom. The first-order chi connectivity index (χ1) is 7.58. The summed E-state index contributed by atoms with van der Waals surface area (Å²) in [5.41, 5.74) is 0.793. The van der Waals surface area contributed by atoms with Gasteiger partial charge in [0.05, 0.1) is 11.0 Å². The molecule has 0 spiro atoms. The van der Waals surface area contributed by atoms with Crippen molar-refractivity contribution in [2.24, 2.45) is 0 Å². The fourth-order valence-electron chi connectivity index (χ4n) is 2.01. The van der Waals surface area contributed by atoms with Crippen molar-refractivity contribution in [1.82, 2.24) is 0 Å². The molecule has 1 unspecified atom stereocenters. The number of ketones is 1. The third-order valence-electron chi connectivity index (χ3n) is 2.92. The van der Waals surface area contributed by atoms with Crippen molar-refractivity contribution in [2.45, 2.75) is 30.3 Å². The molecule has 1 aliphatic carbocycles. The van der Waals surface area contributed by atoms with Crippen molar-refractivity contribution < 1.29 is 13.2 Å². The molecule has 0 bridgehead atoms. The van der Waals surface area contributed by atoms with Crippen LogP contribution in [-0.2, 0) is 20.4 Å². The van der Waals surface area contributed by atoms with Crippen LogP contribution in [0.15, 0.2) is 30.3 Å². The second-order valence-corrected chi connectivity index (χ2v) is 6.48. The van der Waals surface area contributed by atoms with Gasteiger partial charge >= 0.3 is 0 Å². The minimum Gasteiger partial charge on any atom is -0.300 e. The van der Waals surface area contributed by atoms with Crippen LogP contribution in [-0.4, -0.2) is 19.5 Å². The van der Waals surface area contributed by atoms with Gasteiger partial charge in [-0.2, -0.15) is 0 Å². The molecule has 0 N–H and O–H groups in total. The Balaban J connectivity index is 2.12. The number of carbonyl (C=O) groups excluding carboxylic acids is 1. The number of hydrogen-bond acceptors (Lipinski definition) is 3. The molecule has 1 aromatic rings. The molecular weight excluding hydrogens is 224 g/mol. The zero-order chi connectivity index (χ0) is 11.6. The molecule has 0 amide bonds. The maximum Gasteiger partial charge on any atom is 0.157 e. The first-order valence-electron chi connectivity index (χ1n) is 5.35. The molecule has 1 aliphatic rings. The summed E-state index contributed by atoms with van der Waals surface area (Å²) in [6, 6.07) is 9.10. The third-order valence-corrected chi connectivity index (χ3v) is 5.07. The number of hydrogen-bond donors (Lipinski definition) is 0. The van der Waals surface area contributed by atoms with Gasteiger partial charge in [-0.3, -0.25) is 4.79 Å². The summed E-state index contributed by atoms with van der Waals surface area (Å²) in [6.45, 7) is 0. The fourth-order valence-corrected chi connectivity index (χ4v) is 3.82. The highest BCUT2D eigenvalue weighted by Crippen LogP contribution is 2.24. The molecule has 0 heterocycles. The molecule has 4 heteroatoms. The molecule has 1 aromatic carbocycles. The zero-order valence-electron chi connectivity index (χ0n) is 8.93. The van der Waals surface area contributed by atoms with Crippen molar-refractivity contribution >= 4 is 15.6 Å². The van der Waals surface area contributed by atoms with Crippen LogP contribution in [0, 0.1) is 0 Å². The van der Waals surface area contributed by atoms with E-state index in [2.05, 4.69) is 0 Å². The van der Waals surface area contributed by atoms with Crippen LogP contribution in [0.2, 0.25) is 0 Å². The standard InChI is InChI=1S/C12H14O3S/c13-11-6-7-12(8-11)16(14,15)9-10-4-2-1-3-5-10/h1-5,12H,6-9H2. The highest BCUT2D eigenvalue weighted by Gasteiger charge is 2.32. The highest BCUT2D eigenvalue weighted by molar-refractivity contribution is 7.91. The van der Waals surface area contributed by atoms with E-state index < -0.39 is 15.1 Å². The smallest absolute Gasteiger partial charge is 0.157 e. The van der Waals surface area contributed by atoms with Crippen LogP contribution in [0.4, 0.5) is 0 Å². The van der Waals surface area contributed by atoms with E-state index >= 15 is 0 Å². The van der Waals surface area contributed by atoms with Gasteiger partial charge in [-0.05, 0) is 12.0 Å². The van der Waals surface area contributed by atoms with Gasteiger partial charge in [0.25, 0.3) is 0 Å². The number of sulfone groups is 1. The van der Waals surface area contributed by atoms with Gasteiger partial charge in [0.1, 0.15) is 5.78 Å². The Labute approximate surface area is 95.4 Å². The third kappa shape index (κ3) is 2.50. The summed E-state index contributed by atoms with van der Waals surface area (Å²) in [5.74, 6) is 0.118. The van der Waals surface area contributed by atoms with E-state index in [0.717, 1.165) is 5.56 Å². The number of benzene rings is 1. The lowest BCUT2D eigenvalue weighted by Crippen LogP contribution is -2.20. The van der Waals surface area contributed by atoms with Crippen LogP contribution in [0.3, 0.4) is 0 Å². The highest BCUT2D eigenvalue weighted by atomic mass is 32.2. The lowest BCUT2D eigenvalue weighted by atomic mass is 10.2. The van der Waals surface area contributed by atoms with Gasteiger partial charge in [0.15, 0.2) is 9.84 Å². The van der Waals surface area contributed by atoms with E-state index in [0.29, 0.717) is 12.8 Å². The summed E-state index contributed by atoms with van der Waals surface area (Å²) >= 11 is 0. The molecule has 1 atom stereocenters. The van der Waals surface area contributed by atoms with E-state index in [-0.39, 0.29) is 18.0 Å². The Hall–Kier alpha value is -1.16. The number of rotatable bonds is 3. The summed E-state index contributed by atoms with van der Waals surface area (Å²) in [7, 11) is -3.17. The van der Waals surface area contributed by atoms with Gasteiger partial charge in [0.2, 0.25) is 0 Å². The van der Waals surface area contributed by atoms with E-state index in [1.807, 2.05) is 18.2 Å². The molecule has 1 saturated carbocycles. The average Bonchev–Trinajstić information content (AvgIpc) is 2.66. The van der Waals surface area contributed by atoms with Crippen LogP contribution >= 0.6 is 0 Å². The van der Waals surface area contributed by atoms with E-state index in [4.69, 9.17) is 0 Å². The molecule has 0 aromatic heterocycles. The van der Waals surface area contributed by atoms with Gasteiger partial charge < -0.3 is 0 Å². The number of Topliss-reactive ketones (excluding diaryl/α,β-unsaturated/α-hetero) is 1. The molecule has 2 rings (SSSR count). The van der Waals surface area contributed by atoms with Gasteiger partial charge in [-0.25, -0.2) is 8.42 Å². The molecule has 86 valence electrons. The minimum atomic E-state index is -3.17. The fraction of sp³-hybridized carbons (Fsp3) is 0.417. The maximum atomic E-state index is 12.0. The van der Waals surface area contributed by atoms with Crippen LogP contribution in [0.1, 0.15) is 24.8 Å². The molecule has 0 saturated heterocycles. The molecule has 1 fully saturated rings. The van der Waals surface area contributed by atoms with Crippen molar-refractivity contribution in [3.05, 3.63) is 35.9 Å². The lowest BCUT2D eigenvalue weighted by molar-refractivity contribution is -0.117. The largest absolute Gasteiger partial charge is 0.300 e. The van der Waals surface area contributed by atoms with Gasteiger partial charge in [0, 0.05) is 12.8 Å². The van der Waals surface area contributed by atoms with Crippen molar-refractivity contribution in [3.8, 4) is 0 Å². The minimum absolute atomic E-state index is 0.0474. The average molecular weight is 238 g/mol. The predicted molar refractivity (Wildman–Crippen MR) is 61.7 cm³/mol. The zero-order valence-corrected chi connectivity index (χ0v) is 9.74. The lowest BCUT2D eigenvalue weighted by Gasteiger charge is -2.09. The SMILES string of the molecule is O=C1CCC(S(=O)(=O)Cc2ccccc2)C1. The Morgan fingerprint density at radius 3 is 2.44 bits per heavy atom. The predicted octanol–water partition coefficient (Wildman–Crippen LogP) is 1.72. The van der Waals surface area contributed by atoms with Crippen LogP contribution < -0.4 is 0 Å². The summed E-state index contributed by atoms with van der Waals surface area (Å²) in [4.78, 5) is 11.1. The Morgan fingerprint density at radius 1 is 1.19 bits per heavy atom.